The van der Waals surface area contributed by atoms with Crippen LogP contribution in [0.25, 0.3) is 5.52 Å². The molecule has 4 nitrogen and oxygen atoms in total. The number of hydrogen-bond donors (Lipinski definition) is 1. The van der Waals surface area contributed by atoms with Crippen molar-refractivity contribution < 1.29 is 0 Å². The fourth-order valence-electron chi connectivity index (χ4n) is 1.32. The summed E-state index contributed by atoms with van der Waals surface area (Å²) in [4.78, 5) is 0. The predicted molar refractivity (Wildman–Crippen MR) is 55.4 cm³/mol. The lowest BCUT2D eigenvalue weighted by Gasteiger charge is -2.01. The fraction of sp³-hybridized carbons (Fsp3) is 0.111. The fourth-order valence-corrected chi connectivity index (χ4v) is 1.88. The molecule has 0 bridgehead atoms. The van der Waals surface area contributed by atoms with E-state index in [1.807, 2.05) is 24.4 Å². The zero-order valence-corrected chi connectivity index (χ0v) is 8.77. The Bertz CT molecular complexity index is 511. The SMILES string of the molecule is N#CC(N)c1cnn2cccc(Br)c12. The monoisotopic (exact) mass is 250 g/mol. The Hall–Kier alpha value is -1.38. The Kier molecular flexibility index (Phi) is 2.23. The van der Waals surface area contributed by atoms with Crippen LogP contribution < -0.4 is 5.73 Å². The van der Waals surface area contributed by atoms with Crippen LogP contribution in [0.5, 0.6) is 0 Å². The minimum atomic E-state index is -0.633. The Morgan fingerprint density at radius 3 is 3.14 bits per heavy atom. The summed E-state index contributed by atoms with van der Waals surface area (Å²) in [5, 5.41) is 12.8. The van der Waals surface area contributed by atoms with E-state index in [1.54, 1.807) is 10.7 Å². The highest BCUT2D eigenvalue weighted by Gasteiger charge is 2.13. The topological polar surface area (TPSA) is 67.1 Å². The van der Waals surface area contributed by atoms with E-state index >= 15 is 0 Å². The van der Waals surface area contributed by atoms with Gasteiger partial charge in [0.15, 0.2) is 0 Å². The third-order valence-electron chi connectivity index (χ3n) is 1.99. The van der Waals surface area contributed by atoms with E-state index in [-0.39, 0.29) is 0 Å². The lowest BCUT2D eigenvalue weighted by molar-refractivity contribution is 0.935. The smallest absolute Gasteiger partial charge is 0.122 e. The summed E-state index contributed by atoms with van der Waals surface area (Å²) >= 11 is 3.40. The van der Waals surface area contributed by atoms with Gasteiger partial charge in [-0.05, 0) is 28.1 Å². The molecule has 2 N–H and O–H groups in total. The van der Waals surface area contributed by atoms with E-state index in [4.69, 9.17) is 11.0 Å². The predicted octanol–water partition coefficient (Wildman–Crippen LogP) is 1.62. The zero-order chi connectivity index (χ0) is 10.1. The maximum atomic E-state index is 8.73. The van der Waals surface area contributed by atoms with E-state index < -0.39 is 6.04 Å². The first-order valence-electron chi connectivity index (χ1n) is 4.01. The summed E-state index contributed by atoms with van der Waals surface area (Å²) < 4.78 is 2.58. The number of aromatic nitrogens is 2. The largest absolute Gasteiger partial charge is 0.312 e. The van der Waals surface area contributed by atoms with Gasteiger partial charge in [0.05, 0.1) is 17.8 Å². The maximum absolute atomic E-state index is 8.73. The first kappa shape index (κ1) is 9.19. The van der Waals surface area contributed by atoms with Gasteiger partial charge in [-0.2, -0.15) is 10.4 Å². The van der Waals surface area contributed by atoms with Gasteiger partial charge in [-0.15, -0.1) is 0 Å². The van der Waals surface area contributed by atoms with Crippen LogP contribution in [-0.4, -0.2) is 9.61 Å². The Balaban J connectivity index is 2.74. The lowest BCUT2D eigenvalue weighted by atomic mass is 10.1. The highest BCUT2D eigenvalue weighted by Crippen LogP contribution is 2.24. The number of fused-ring (bicyclic) bond motifs is 1. The molecule has 0 amide bonds. The van der Waals surface area contributed by atoms with Crippen LogP contribution in [0.4, 0.5) is 0 Å². The van der Waals surface area contributed by atoms with Crippen LogP contribution >= 0.6 is 15.9 Å². The molecular weight excluding hydrogens is 244 g/mol. The van der Waals surface area contributed by atoms with Crippen molar-refractivity contribution in [2.75, 3.05) is 0 Å². The third kappa shape index (κ3) is 1.29. The Morgan fingerprint density at radius 1 is 1.64 bits per heavy atom. The summed E-state index contributed by atoms with van der Waals surface area (Å²) in [6, 6.07) is 5.12. The summed E-state index contributed by atoms with van der Waals surface area (Å²) in [5.74, 6) is 0. The zero-order valence-electron chi connectivity index (χ0n) is 7.18. The molecule has 5 heteroatoms. The van der Waals surface area contributed by atoms with Crippen molar-refractivity contribution in [2.24, 2.45) is 5.73 Å². The van der Waals surface area contributed by atoms with Crippen molar-refractivity contribution in [1.29, 1.82) is 5.26 Å². The highest BCUT2D eigenvalue weighted by atomic mass is 79.9. The van der Waals surface area contributed by atoms with Crippen LogP contribution in [0.3, 0.4) is 0 Å². The molecule has 1 unspecified atom stereocenters. The molecule has 0 saturated heterocycles. The minimum Gasteiger partial charge on any atom is -0.312 e. The van der Waals surface area contributed by atoms with Gasteiger partial charge in [0.25, 0.3) is 0 Å². The number of hydrogen-bond acceptors (Lipinski definition) is 3. The summed E-state index contributed by atoms with van der Waals surface area (Å²) in [5.41, 5.74) is 7.22. The molecule has 0 aliphatic heterocycles. The summed E-state index contributed by atoms with van der Waals surface area (Å²) in [6.07, 6.45) is 3.43. The average molecular weight is 251 g/mol. The van der Waals surface area contributed by atoms with Gasteiger partial charge in [-0.3, -0.25) is 0 Å². The Labute approximate surface area is 89.1 Å². The molecule has 1 atom stereocenters. The normalized spacial score (nSPS) is 12.6. The van der Waals surface area contributed by atoms with E-state index in [9.17, 15) is 0 Å². The van der Waals surface area contributed by atoms with Crippen molar-refractivity contribution >= 4 is 21.4 Å². The van der Waals surface area contributed by atoms with Gasteiger partial charge >= 0.3 is 0 Å². The van der Waals surface area contributed by atoms with E-state index in [1.165, 1.54) is 0 Å². The summed E-state index contributed by atoms with van der Waals surface area (Å²) in [7, 11) is 0. The molecule has 0 fully saturated rings. The highest BCUT2D eigenvalue weighted by molar-refractivity contribution is 9.10. The number of nitriles is 1. The number of nitrogens with two attached hydrogens (primary N) is 1. The van der Waals surface area contributed by atoms with Crippen LogP contribution in [0.1, 0.15) is 11.6 Å². The third-order valence-corrected chi connectivity index (χ3v) is 2.63. The number of halogens is 1. The minimum absolute atomic E-state index is 0.633. The average Bonchev–Trinajstić information content (AvgIpc) is 2.62. The molecule has 0 aromatic carbocycles. The first-order chi connectivity index (χ1) is 6.74. The van der Waals surface area contributed by atoms with Crippen molar-refractivity contribution in [1.82, 2.24) is 9.61 Å². The van der Waals surface area contributed by atoms with Crippen molar-refractivity contribution in [3.05, 3.63) is 34.6 Å². The van der Waals surface area contributed by atoms with Gasteiger partial charge in [0.2, 0.25) is 0 Å². The molecule has 0 aliphatic rings. The van der Waals surface area contributed by atoms with E-state index in [2.05, 4.69) is 21.0 Å². The molecule has 2 heterocycles. The van der Waals surface area contributed by atoms with Crippen LogP contribution in [0, 0.1) is 11.3 Å². The van der Waals surface area contributed by atoms with Crippen LogP contribution in [0.15, 0.2) is 29.0 Å². The maximum Gasteiger partial charge on any atom is 0.122 e. The molecule has 0 spiro atoms. The van der Waals surface area contributed by atoms with Crippen LogP contribution in [-0.2, 0) is 0 Å². The van der Waals surface area contributed by atoms with E-state index in [0.29, 0.717) is 0 Å². The second kappa shape index (κ2) is 3.40. The van der Waals surface area contributed by atoms with Gasteiger partial charge < -0.3 is 5.73 Å². The molecule has 2 rings (SSSR count). The van der Waals surface area contributed by atoms with Crippen molar-refractivity contribution in [2.45, 2.75) is 6.04 Å². The molecular formula is C9H7BrN4. The van der Waals surface area contributed by atoms with Crippen molar-refractivity contribution in [3.8, 4) is 6.07 Å². The molecule has 0 radical (unpaired) electrons. The standard InChI is InChI=1S/C9H7BrN4/c10-7-2-1-3-14-9(7)6(5-13-14)8(12)4-11/h1-3,5,8H,12H2. The van der Waals surface area contributed by atoms with E-state index in [0.717, 1.165) is 15.6 Å². The van der Waals surface area contributed by atoms with Gasteiger partial charge in [0, 0.05) is 16.2 Å². The summed E-state index contributed by atoms with van der Waals surface area (Å²) in [6.45, 7) is 0. The molecule has 0 saturated carbocycles. The number of nitrogens with zero attached hydrogens (tertiary/aromatic N) is 3. The second-order valence-corrected chi connectivity index (χ2v) is 3.71. The van der Waals surface area contributed by atoms with Crippen LogP contribution in [0.2, 0.25) is 0 Å². The van der Waals surface area contributed by atoms with Crippen molar-refractivity contribution in [3.63, 3.8) is 0 Å². The second-order valence-electron chi connectivity index (χ2n) is 2.86. The Morgan fingerprint density at radius 2 is 2.43 bits per heavy atom. The van der Waals surface area contributed by atoms with Gasteiger partial charge in [-0.1, -0.05) is 0 Å². The molecule has 2 aromatic rings. The molecule has 14 heavy (non-hydrogen) atoms. The lowest BCUT2D eigenvalue weighted by Crippen LogP contribution is -2.06. The first-order valence-corrected chi connectivity index (χ1v) is 4.80. The molecule has 70 valence electrons. The number of pyridine rings is 1. The van der Waals surface area contributed by atoms with Gasteiger partial charge in [-0.25, -0.2) is 4.52 Å². The molecule has 0 aliphatic carbocycles. The quantitative estimate of drug-likeness (QED) is 0.837. The van der Waals surface area contributed by atoms with Gasteiger partial charge in [0.1, 0.15) is 6.04 Å². The molecule has 2 aromatic heterocycles. The number of rotatable bonds is 1.